The van der Waals surface area contributed by atoms with E-state index in [-0.39, 0.29) is 76.4 Å². The number of aliphatic hydroxyl groups is 1. The lowest BCUT2D eigenvalue weighted by Gasteiger charge is -2.73. The Morgan fingerprint density at radius 2 is 0.782 bits per heavy atom. The zero-order chi connectivity index (χ0) is 83.7. The number of hydrogen-bond acceptors (Lipinski definition) is 19. The number of fused-ring (bicyclic) bond motifs is 5. The molecule has 30 heteroatoms. The quantitative estimate of drug-likeness (QED) is 0.0494. The molecule has 8 rings (SSSR count). The number of hydrogen-bond donors (Lipinski definition) is 1. The second kappa shape index (κ2) is 33.7. The molecule has 0 spiro atoms. The third-order valence-corrected chi connectivity index (χ3v) is 35.2. The third-order valence-electron chi connectivity index (χ3n) is 24.3. The normalized spacial score (nSPS) is 40.4. The fourth-order valence-corrected chi connectivity index (χ4v) is 32.2. The highest BCUT2D eigenvalue weighted by molar-refractivity contribution is 6.73. The fourth-order valence-electron chi connectivity index (χ4n) is 20.8. The first-order valence-electron chi connectivity index (χ1n) is 42.8. The molecule has 1 N–H and O–H groups in total. The highest BCUT2D eigenvalue weighted by atomic mass is 28.4. The van der Waals surface area contributed by atoms with Crippen LogP contribution in [0.2, 0.25) is 216 Å². The third kappa shape index (κ3) is 24.7. The minimum Gasteiger partial charge on any atom is -0.415 e. The summed E-state index contributed by atoms with van der Waals surface area (Å²) in [6, 6.07) is 0. The van der Waals surface area contributed by atoms with Gasteiger partial charge in [-0.2, -0.15) is 0 Å². The molecule has 4 aliphatic heterocycles. The fraction of sp³-hybridized carbons (Fsp3) is 1.00. The molecule has 4 aliphatic carbocycles. The Morgan fingerprint density at radius 1 is 0.382 bits per heavy atom. The van der Waals surface area contributed by atoms with Crippen molar-refractivity contribution in [1.29, 1.82) is 0 Å². The molecule has 646 valence electrons. The monoisotopic (exact) mass is 1740 g/mol. The summed E-state index contributed by atoms with van der Waals surface area (Å²) in [5.41, 5.74) is -2.47. The van der Waals surface area contributed by atoms with Gasteiger partial charge in [0.15, 0.2) is 110 Å². The largest absolute Gasteiger partial charge is 0.415 e. The van der Waals surface area contributed by atoms with E-state index in [9.17, 15) is 5.11 Å². The molecule has 0 aromatic heterocycles. The molecule has 4 saturated carbocycles. The molecule has 0 amide bonds. The molecular formula is C80H168O19Si11. The Kier molecular flexibility index (Phi) is 29.7. The SMILES string of the molecule is CC(C)(O)[C@@H]1CC[C@@](C)(C2CC[C@]3(C)C2[C@H](O[Si](C)(C)C)C[C@@H]2[C@@]4(C)CC[C@H](O[Si](C)(C)C)C(C)(C)C4[C@@H](O[C@@H]4O[C@H](CO[Si](C)(C)C)[C@@H](O[Si](C)(C)C)[C@H](O[Si](C)(C)C)[C@H]4O[C@@H]4OC[C@@H](O[C@H]5O[C@H](CO[Si](C)(C)C)[C@@H](O[Si](C)(C)C)[C@H](O[Si](C)(C)C)[C@H]5O[Si](C)(C)C)[C@H](O[Si](C)(C)C)[C@H]4O[Si](C)(C)C)C[C@]23C)O1. The van der Waals surface area contributed by atoms with Gasteiger partial charge in [-0.15, -0.1) is 0 Å². The van der Waals surface area contributed by atoms with E-state index >= 15 is 0 Å². The van der Waals surface area contributed by atoms with Gasteiger partial charge >= 0.3 is 0 Å². The van der Waals surface area contributed by atoms with Crippen LogP contribution < -0.4 is 0 Å². The van der Waals surface area contributed by atoms with Gasteiger partial charge in [-0.1, -0.05) is 34.6 Å². The van der Waals surface area contributed by atoms with Gasteiger partial charge in [0.1, 0.15) is 67.1 Å². The molecule has 110 heavy (non-hydrogen) atoms. The van der Waals surface area contributed by atoms with E-state index in [0.717, 1.165) is 51.4 Å². The zero-order valence-corrected chi connectivity index (χ0v) is 88.8. The minimum atomic E-state index is -2.58. The van der Waals surface area contributed by atoms with E-state index in [1.54, 1.807) is 0 Å². The molecule has 0 radical (unpaired) electrons. The molecular weight excluding hydrogens is 1570 g/mol. The van der Waals surface area contributed by atoms with Gasteiger partial charge in [-0.3, -0.25) is 0 Å². The Balaban J connectivity index is 1.33. The van der Waals surface area contributed by atoms with Crippen molar-refractivity contribution in [3.63, 3.8) is 0 Å². The minimum absolute atomic E-state index is 0.00329. The van der Waals surface area contributed by atoms with Gasteiger partial charge in [-0.25, -0.2) is 0 Å². The van der Waals surface area contributed by atoms with Crippen molar-refractivity contribution in [2.75, 3.05) is 19.8 Å². The second-order valence-electron chi connectivity index (χ2n) is 47.9. The van der Waals surface area contributed by atoms with Crippen molar-refractivity contribution >= 4 is 91.5 Å². The molecule has 4 heterocycles. The van der Waals surface area contributed by atoms with E-state index < -0.39 is 189 Å². The van der Waals surface area contributed by atoms with Crippen molar-refractivity contribution in [2.24, 2.45) is 45.3 Å². The van der Waals surface area contributed by atoms with Crippen LogP contribution in [0.15, 0.2) is 0 Å². The van der Waals surface area contributed by atoms with Crippen LogP contribution in [0.5, 0.6) is 0 Å². The van der Waals surface area contributed by atoms with E-state index in [4.69, 9.17) is 81.8 Å². The predicted octanol–water partition coefficient (Wildman–Crippen LogP) is 19.2. The summed E-state index contributed by atoms with van der Waals surface area (Å²) in [5, 5.41) is 11.6. The molecule has 0 bridgehead atoms. The van der Waals surface area contributed by atoms with Gasteiger partial charge in [0.2, 0.25) is 0 Å². The van der Waals surface area contributed by atoms with E-state index in [0.29, 0.717) is 13.2 Å². The smallest absolute Gasteiger partial charge is 0.187 e. The summed E-state index contributed by atoms with van der Waals surface area (Å²) in [5.74, 6) is 0.690. The lowest BCUT2D eigenvalue weighted by atomic mass is 9.34. The van der Waals surface area contributed by atoms with Crippen molar-refractivity contribution in [3.05, 3.63) is 0 Å². The van der Waals surface area contributed by atoms with Crippen molar-refractivity contribution in [2.45, 2.75) is 444 Å². The lowest BCUT2D eigenvalue weighted by Crippen LogP contribution is -2.72. The molecule has 19 nitrogen and oxygen atoms in total. The Hall–Kier alpha value is 1.63. The first-order chi connectivity index (χ1) is 49.1. The topological polar surface area (TPSA) is 186 Å². The highest BCUT2D eigenvalue weighted by Gasteiger charge is 2.75. The van der Waals surface area contributed by atoms with Gasteiger partial charge in [-0.05, 0) is 334 Å². The van der Waals surface area contributed by atoms with Crippen LogP contribution in [0.25, 0.3) is 0 Å². The average molecular weight is 1740 g/mol. The zero-order valence-electron chi connectivity index (χ0n) is 77.8. The summed E-state index contributed by atoms with van der Waals surface area (Å²) in [6.45, 7) is 94.4. The van der Waals surface area contributed by atoms with Gasteiger partial charge in [0.05, 0.1) is 49.3 Å². The van der Waals surface area contributed by atoms with E-state index in [1.807, 2.05) is 13.8 Å². The second-order valence-corrected chi connectivity index (χ2v) is 97.1. The Morgan fingerprint density at radius 3 is 1.21 bits per heavy atom. The van der Waals surface area contributed by atoms with Crippen molar-refractivity contribution in [3.8, 4) is 0 Å². The number of ether oxygens (including phenoxy) is 7. The van der Waals surface area contributed by atoms with Crippen LogP contribution in [0, 0.1) is 45.3 Å². The maximum atomic E-state index is 11.6. The summed E-state index contributed by atoms with van der Waals surface area (Å²) in [7, 11) is -25.6. The van der Waals surface area contributed by atoms with Crippen molar-refractivity contribution in [1.82, 2.24) is 0 Å². The van der Waals surface area contributed by atoms with Crippen molar-refractivity contribution < 1.29 is 87.0 Å². The summed E-state index contributed by atoms with van der Waals surface area (Å²) in [6.07, 6.45) is -3.50. The molecule has 8 aliphatic rings. The molecule has 4 saturated heterocycles. The van der Waals surface area contributed by atoms with Crippen LogP contribution in [-0.2, 0) is 81.8 Å². The van der Waals surface area contributed by atoms with Crippen LogP contribution in [0.3, 0.4) is 0 Å². The summed E-state index contributed by atoms with van der Waals surface area (Å²) < 4.78 is 137. The summed E-state index contributed by atoms with van der Waals surface area (Å²) >= 11 is 0. The van der Waals surface area contributed by atoms with Gasteiger partial charge < -0.3 is 87.0 Å². The molecule has 0 aromatic rings. The Bertz CT molecular complexity index is 3010. The van der Waals surface area contributed by atoms with Crippen LogP contribution >= 0.6 is 0 Å². The van der Waals surface area contributed by atoms with Gasteiger partial charge in [0, 0.05) is 6.10 Å². The highest BCUT2D eigenvalue weighted by Crippen LogP contribution is 2.77. The Labute approximate surface area is 683 Å². The average Bonchev–Trinajstić information content (AvgIpc) is 1.29. The predicted molar refractivity (Wildman–Crippen MR) is 473 cm³/mol. The molecule has 8 fully saturated rings. The first kappa shape index (κ1) is 97.1. The van der Waals surface area contributed by atoms with Crippen LogP contribution in [-0.4, -0.2) is 238 Å². The first-order valence-corrected chi connectivity index (χ1v) is 80.3. The maximum Gasteiger partial charge on any atom is 0.187 e. The van der Waals surface area contributed by atoms with E-state index in [1.165, 1.54) is 0 Å². The molecule has 0 aromatic carbocycles. The van der Waals surface area contributed by atoms with Crippen LogP contribution in [0.1, 0.15) is 107 Å². The standard InChI is InChI=1S/C80H168O19Si11/c1-75(2)60(92-103(18,19)20)43-45-77(5)59-48-54(91-102(15,16)17)62-53(80(8)47-44-61(90-80)76(3,4)81)42-46-78(62,6)79(59,7)49-55(71(75)77)85-73-68(66(96-107(30,31)32)63(93-104(21,22)23)57(87-73)51-83-100(9,10)11)89-72-69(98-109(36,37)38)65(95-106(27,28)29)56(50-82-72)86-74-70(99-110(39,40)41)67(97-108(33,34)35)64(94-105(24,25)26)58(88-74)52-84-101(12,13)14/h53-74,81H,42-52H2,1-41H3/t53?,54-,55+,56-,57-,58-,59-,60+,61+,62?,63-,64-,65+,66+,67+,68-,69-,70-,71?,72+,73-,74+,77-,78-,79-,80+/m1/s1. The number of rotatable bonds is 32. The van der Waals surface area contributed by atoms with E-state index in [2.05, 4.69) is 258 Å². The van der Waals surface area contributed by atoms with Crippen LogP contribution in [0.4, 0.5) is 0 Å². The maximum absolute atomic E-state index is 11.6. The lowest BCUT2D eigenvalue weighted by molar-refractivity contribution is -0.378. The molecule has 3 unspecified atom stereocenters. The van der Waals surface area contributed by atoms with Gasteiger partial charge in [0.25, 0.3) is 0 Å². The molecule has 26 atom stereocenters. The summed E-state index contributed by atoms with van der Waals surface area (Å²) in [4.78, 5) is 0.